The van der Waals surface area contributed by atoms with E-state index in [0.29, 0.717) is 24.2 Å². The summed E-state index contributed by atoms with van der Waals surface area (Å²) in [5.74, 6) is -1.44. The van der Waals surface area contributed by atoms with Gasteiger partial charge in [0.15, 0.2) is 11.8 Å². The summed E-state index contributed by atoms with van der Waals surface area (Å²) in [4.78, 5) is 35.7. The maximum absolute atomic E-state index is 12.4. The zero-order valence-corrected chi connectivity index (χ0v) is 14.8. The second kappa shape index (κ2) is 7.28. The van der Waals surface area contributed by atoms with Gasteiger partial charge in [0.1, 0.15) is 6.10 Å². The van der Waals surface area contributed by atoms with Gasteiger partial charge in [0.05, 0.1) is 6.54 Å². The van der Waals surface area contributed by atoms with Crippen LogP contribution in [0.15, 0.2) is 53.5 Å². The third-order valence-corrected chi connectivity index (χ3v) is 4.60. The van der Waals surface area contributed by atoms with Gasteiger partial charge in [-0.25, -0.2) is 14.3 Å². The lowest BCUT2D eigenvalue weighted by molar-refractivity contribution is -0.150. The van der Waals surface area contributed by atoms with Crippen molar-refractivity contribution in [3.8, 4) is 0 Å². The van der Waals surface area contributed by atoms with Crippen LogP contribution in [0.1, 0.15) is 18.4 Å². The summed E-state index contributed by atoms with van der Waals surface area (Å²) in [5.41, 5.74) is 1.65. The fourth-order valence-electron chi connectivity index (χ4n) is 3.23. The van der Waals surface area contributed by atoms with Gasteiger partial charge in [-0.2, -0.15) is 0 Å². The maximum Gasteiger partial charge on any atom is 0.350 e. The Morgan fingerprint density at radius 3 is 2.75 bits per heavy atom. The van der Waals surface area contributed by atoms with Crippen molar-refractivity contribution in [3.05, 3.63) is 64.7 Å². The molecule has 0 spiro atoms. The van der Waals surface area contributed by atoms with E-state index in [1.807, 2.05) is 12.1 Å². The standard InChI is InChI=1S/C19H18N4O5/c24-17(14-7-8-15(28-14)18(25)26)20-13-5-3-4-12(10-13)11-23-19(27)22-9-2-1-6-16(22)21-23/h1-6,9-10,14-15H,7-8,11H2,(H,20,24)(H,25,26)/t14-,15+/m0/s1. The molecular formula is C19H18N4O5. The Morgan fingerprint density at radius 2 is 2.00 bits per heavy atom. The van der Waals surface area contributed by atoms with Crippen LogP contribution < -0.4 is 11.0 Å². The first-order chi connectivity index (χ1) is 13.5. The Hall–Kier alpha value is -3.46. The van der Waals surface area contributed by atoms with Crippen molar-refractivity contribution >= 4 is 23.2 Å². The number of carboxylic acid groups (broad SMARTS) is 1. The van der Waals surface area contributed by atoms with Crippen LogP contribution in [0.4, 0.5) is 5.69 Å². The summed E-state index contributed by atoms with van der Waals surface area (Å²) in [5, 5.41) is 16.0. The number of aromatic nitrogens is 3. The van der Waals surface area contributed by atoms with Crippen LogP contribution in [0.3, 0.4) is 0 Å². The van der Waals surface area contributed by atoms with E-state index in [4.69, 9.17) is 9.84 Å². The molecule has 1 amide bonds. The fourth-order valence-corrected chi connectivity index (χ4v) is 3.23. The molecule has 2 aromatic heterocycles. The van der Waals surface area contributed by atoms with Crippen molar-refractivity contribution in [2.24, 2.45) is 0 Å². The maximum atomic E-state index is 12.4. The lowest BCUT2D eigenvalue weighted by Crippen LogP contribution is -2.30. The van der Waals surface area contributed by atoms with Crippen LogP contribution in [-0.2, 0) is 20.9 Å². The molecule has 0 radical (unpaired) electrons. The van der Waals surface area contributed by atoms with Gasteiger partial charge < -0.3 is 15.2 Å². The van der Waals surface area contributed by atoms with Crippen molar-refractivity contribution < 1.29 is 19.4 Å². The van der Waals surface area contributed by atoms with E-state index in [-0.39, 0.29) is 18.1 Å². The summed E-state index contributed by atoms with van der Waals surface area (Å²) >= 11 is 0. The predicted molar refractivity (Wildman–Crippen MR) is 99.2 cm³/mol. The Morgan fingerprint density at radius 1 is 1.18 bits per heavy atom. The number of benzene rings is 1. The van der Waals surface area contributed by atoms with E-state index in [9.17, 15) is 14.4 Å². The molecule has 4 rings (SSSR count). The number of amides is 1. The molecule has 28 heavy (non-hydrogen) atoms. The summed E-state index contributed by atoms with van der Waals surface area (Å²) in [7, 11) is 0. The van der Waals surface area contributed by atoms with E-state index in [2.05, 4.69) is 10.4 Å². The lowest BCUT2D eigenvalue weighted by Gasteiger charge is -2.12. The first kappa shape index (κ1) is 17.9. The number of carbonyl (C=O) groups excluding carboxylic acids is 1. The third-order valence-electron chi connectivity index (χ3n) is 4.60. The molecule has 0 aliphatic carbocycles. The van der Waals surface area contributed by atoms with Crippen molar-refractivity contribution in [3.63, 3.8) is 0 Å². The summed E-state index contributed by atoms with van der Waals surface area (Å²) in [6.07, 6.45) is 0.600. The number of pyridine rings is 1. The Balaban J connectivity index is 1.47. The highest BCUT2D eigenvalue weighted by Gasteiger charge is 2.34. The number of carboxylic acids is 1. The van der Waals surface area contributed by atoms with Gasteiger partial charge in [0.25, 0.3) is 5.91 Å². The summed E-state index contributed by atoms with van der Waals surface area (Å²) in [6, 6.07) is 12.4. The normalized spacial score (nSPS) is 19.0. The number of ether oxygens (including phenoxy) is 1. The molecule has 0 unspecified atom stereocenters. The first-order valence-electron chi connectivity index (χ1n) is 8.83. The molecule has 1 aromatic carbocycles. The van der Waals surface area contributed by atoms with Gasteiger partial charge in [-0.3, -0.25) is 9.20 Å². The van der Waals surface area contributed by atoms with Gasteiger partial charge in [-0.15, -0.1) is 5.10 Å². The number of anilines is 1. The van der Waals surface area contributed by atoms with Gasteiger partial charge in [-0.1, -0.05) is 18.2 Å². The van der Waals surface area contributed by atoms with Crippen molar-refractivity contribution in [1.29, 1.82) is 0 Å². The largest absolute Gasteiger partial charge is 0.479 e. The number of hydrogen-bond donors (Lipinski definition) is 2. The highest BCUT2D eigenvalue weighted by atomic mass is 16.5. The molecule has 0 saturated carbocycles. The average molecular weight is 382 g/mol. The van der Waals surface area contributed by atoms with Crippen molar-refractivity contribution in [2.75, 3.05) is 5.32 Å². The van der Waals surface area contributed by atoms with E-state index >= 15 is 0 Å². The van der Waals surface area contributed by atoms with E-state index in [0.717, 1.165) is 5.56 Å². The van der Waals surface area contributed by atoms with Crippen molar-refractivity contribution in [1.82, 2.24) is 14.2 Å². The summed E-state index contributed by atoms with van der Waals surface area (Å²) in [6.45, 7) is 0.255. The second-order valence-electron chi connectivity index (χ2n) is 6.59. The van der Waals surface area contributed by atoms with Gasteiger partial charge >= 0.3 is 11.7 Å². The van der Waals surface area contributed by atoms with Gasteiger partial charge in [0.2, 0.25) is 0 Å². The Bertz CT molecular complexity index is 1100. The number of hydrogen-bond acceptors (Lipinski definition) is 5. The molecule has 9 nitrogen and oxygen atoms in total. The molecule has 9 heteroatoms. The van der Waals surface area contributed by atoms with Gasteiger partial charge in [-0.05, 0) is 42.7 Å². The topological polar surface area (TPSA) is 115 Å². The van der Waals surface area contributed by atoms with Crippen molar-refractivity contribution in [2.45, 2.75) is 31.6 Å². The van der Waals surface area contributed by atoms with Crippen LogP contribution >= 0.6 is 0 Å². The second-order valence-corrected chi connectivity index (χ2v) is 6.59. The molecule has 2 N–H and O–H groups in total. The molecule has 3 heterocycles. The number of aliphatic carboxylic acids is 1. The molecular weight excluding hydrogens is 364 g/mol. The van der Waals surface area contributed by atoms with Crippen LogP contribution in [0.5, 0.6) is 0 Å². The Kier molecular flexibility index (Phi) is 4.66. The van der Waals surface area contributed by atoms with E-state index in [1.54, 1.807) is 36.5 Å². The van der Waals surface area contributed by atoms with Crippen LogP contribution in [0.25, 0.3) is 5.65 Å². The molecule has 1 aliphatic rings. The first-order valence-corrected chi connectivity index (χ1v) is 8.83. The van der Waals surface area contributed by atoms with E-state index < -0.39 is 18.2 Å². The number of nitrogens with one attached hydrogen (secondary N) is 1. The monoisotopic (exact) mass is 382 g/mol. The highest BCUT2D eigenvalue weighted by Crippen LogP contribution is 2.21. The number of fused-ring (bicyclic) bond motifs is 1. The fraction of sp³-hybridized carbons (Fsp3) is 0.263. The van der Waals surface area contributed by atoms with E-state index in [1.165, 1.54) is 9.08 Å². The SMILES string of the molecule is O=C(Nc1cccc(Cn2nc3ccccn3c2=O)c1)[C@@H]1CC[C@H](C(=O)O)O1. The smallest absolute Gasteiger partial charge is 0.350 e. The minimum atomic E-state index is -1.06. The van der Waals surface area contributed by atoms with Gasteiger partial charge in [0, 0.05) is 11.9 Å². The van der Waals surface area contributed by atoms with Crippen LogP contribution in [-0.4, -0.2) is 43.4 Å². The molecule has 1 fully saturated rings. The third kappa shape index (κ3) is 3.52. The minimum Gasteiger partial charge on any atom is -0.479 e. The zero-order chi connectivity index (χ0) is 19.7. The number of rotatable bonds is 5. The highest BCUT2D eigenvalue weighted by molar-refractivity contribution is 5.94. The lowest BCUT2D eigenvalue weighted by atomic mass is 10.1. The summed E-state index contributed by atoms with van der Waals surface area (Å²) < 4.78 is 8.08. The van der Waals surface area contributed by atoms with Crippen LogP contribution in [0.2, 0.25) is 0 Å². The van der Waals surface area contributed by atoms with Crippen LogP contribution in [0, 0.1) is 0 Å². The zero-order valence-electron chi connectivity index (χ0n) is 14.8. The number of nitrogens with zero attached hydrogens (tertiary/aromatic N) is 3. The quantitative estimate of drug-likeness (QED) is 0.683. The number of carbonyl (C=O) groups is 2. The molecule has 1 saturated heterocycles. The molecule has 144 valence electrons. The Labute approximate surface area is 159 Å². The average Bonchev–Trinajstić information content (AvgIpc) is 3.29. The predicted octanol–water partition coefficient (Wildman–Crippen LogP) is 1.11. The molecule has 1 aliphatic heterocycles. The molecule has 0 bridgehead atoms. The molecule has 3 aromatic rings. The molecule has 2 atom stereocenters. The minimum absolute atomic E-state index is 0.246.